The van der Waals surface area contributed by atoms with Crippen molar-refractivity contribution >= 4 is 17.6 Å². The van der Waals surface area contributed by atoms with Crippen LogP contribution in [-0.4, -0.2) is 17.1 Å². The number of carbonyl (C=O) groups excluding carboxylic acids is 1. The standard InChI is InChI=1S/C12H16ClN3O/c1-8(10-3-4-10)16-12(17)15-7-9-2-5-11(13)14-6-9/h2,5-6,8,10H,3-4,7H2,1H3,(H2,15,16,17)/t8-/m1/s1. The molecular weight excluding hydrogens is 238 g/mol. The highest BCUT2D eigenvalue weighted by atomic mass is 35.5. The van der Waals surface area contributed by atoms with Crippen LogP contribution in [0, 0.1) is 5.92 Å². The summed E-state index contributed by atoms with van der Waals surface area (Å²) in [4.78, 5) is 15.5. The van der Waals surface area contributed by atoms with E-state index in [4.69, 9.17) is 11.6 Å². The molecule has 4 nitrogen and oxygen atoms in total. The van der Waals surface area contributed by atoms with Gasteiger partial charge < -0.3 is 10.6 Å². The van der Waals surface area contributed by atoms with E-state index in [-0.39, 0.29) is 12.1 Å². The highest BCUT2D eigenvalue weighted by Crippen LogP contribution is 2.32. The molecule has 1 aliphatic carbocycles. The lowest BCUT2D eigenvalue weighted by Crippen LogP contribution is -2.41. The smallest absolute Gasteiger partial charge is 0.315 e. The summed E-state index contributed by atoms with van der Waals surface area (Å²) in [6, 6.07) is 3.70. The summed E-state index contributed by atoms with van der Waals surface area (Å²) in [5.74, 6) is 0.665. The molecule has 17 heavy (non-hydrogen) atoms. The predicted octanol–water partition coefficient (Wildman–Crippen LogP) is 2.33. The Hall–Kier alpha value is -1.29. The molecule has 1 atom stereocenters. The van der Waals surface area contributed by atoms with Gasteiger partial charge in [-0.1, -0.05) is 17.7 Å². The van der Waals surface area contributed by atoms with Crippen molar-refractivity contribution in [2.75, 3.05) is 0 Å². The van der Waals surface area contributed by atoms with E-state index in [2.05, 4.69) is 15.6 Å². The van der Waals surface area contributed by atoms with Crippen LogP contribution in [0.4, 0.5) is 4.79 Å². The Labute approximate surface area is 106 Å². The maximum absolute atomic E-state index is 11.6. The summed E-state index contributed by atoms with van der Waals surface area (Å²) in [7, 11) is 0. The molecule has 0 radical (unpaired) electrons. The van der Waals surface area contributed by atoms with Crippen molar-refractivity contribution in [3.63, 3.8) is 0 Å². The van der Waals surface area contributed by atoms with Crippen molar-refractivity contribution in [1.29, 1.82) is 0 Å². The quantitative estimate of drug-likeness (QED) is 0.810. The molecule has 1 heterocycles. The second-order valence-electron chi connectivity index (χ2n) is 4.44. The number of rotatable bonds is 4. The van der Waals surface area contributed by atoms with Crippen LogP contribution in [0.1, 0.15) is 25.3 Å². The molecular formula is C12H16ClN3O. The van der Waals surface area contributed by atoms with Crippen LogP contribution in [0.15, 0.2) is 18.3 Å². The van der Waals surface area contributed by atoms with Crippen molar-refractivity contribution in [1.82, 2.24) is 15.6 Å². The lowest BCUT2D eigenvalue weighted by molar-refractivity contribution is 0.236. The van der Waals surface area contributed by atoms with Gasteiger partial charge in [-0.25, -0.2) is 9.78 Å². The molecule has 2 rings (SSSR count). The first-order valence-electron chi connectivity index (χ1n) is 5.80. The van der Waals surface area contributed by atoms with E-state index in [1.165, 1.54) is 12.8 Å². The lowest BCUT2D eigenvalue weighted by atomic mass is 10.2. The first kappa shape index (κ1) is 12.2. The second-order valence-corrected chi connectivity index (χ2v) is 4.83. The highest BCUT2D eigenvalue weighted by Gasteiger charge is 2.28. The molecule has 0 aromatic carbocycles. The molecule has 2 amide bonds. The zero-order chi connectivity index (χ0) is 12.3. The van der Waals surface area contributed by atoms with Gasteiger partial charge >= 0.3 is 6.03 Å². The number of aromatic nitrogens is 1. The van der Waals surface area contributed by atoms with Crippen LogP contribution in [0.5, 0.6) is 0 Å². The molecule has 1 aromatic rings. The zero-order valence-electron chi connectivity index (χ0n) is 9.74. The molecule has 1 saturated carbocycles. The average Bonchev–Trinajstić information content (AvgIpc) is 3.12. The molecule has 5 heteroatoms. The monoisotopic (exact) mass is 253 g/mol. The zero-order valence-corrected chi connectivity index (χ0v) is 10.5. The van der Waals surface area contributed by atoms with E-state index in [0.29, 0.717) is 17.6 Å². The molecule has 0 aliphatic heterocycles. The van der Waals surface area contributed by atoms with E-state index < -0.39 is 0 Å². The molecule has 0 spiro atoms. The maximum atomic E-state index is 11.6. The van der Waals surface area contributed by atoms with Gasteiger partial charge in [0.25, 0.3) is 0 Å². The Kier molecular flexibility index (Phi) is 3.84. The molecule has 0 saturated heterocycles. The minimum Gasteiger partial charge on any atom is -0.335 e. The SMILES string of the molecule is C[C@@H](NC(=O)NCc1ccc(Cl)nc1)C1CC1. The van der Waals surface area contributed by atoms with E-state index in [9.17, 15) is 4.79 Å². The Morgan fingerprint density at radius 1 is 1.59 bits per heavy atom. The van der Waals surface area contributed by atoms with Gasteiger partial charge in [0.05, 0.1) is 0 Å². The number of urea groups is 1. The summed E-state index contributed by atoms with van der Waals surface area (Å²) >= 11 is 5.67. The summed E-state index contributed by atoms with van der Waals surface area (Å²) in [6.07, 6.45) is 4.11. The van der Waals surface area contributed by atoms with Crippen molar-refractivity contribution < 1.29 is 4.79 Å². The predicted molar refractivity (Wildman–Crippen MR) is 66.8 cm³/mol. The lowest BCUT2D eigenvalue weighted by Gasteiger charge is -2.13. The van der Waals surface area contributed by atoms with Crippen molar-refractivity contribution in [2.45, 2.75) is 32.4 Å². The van der Waals surface area contributed by atoms with Crippen LogP contribution < -0.4 is 10.6 Å². The van der Waals surface area contributed by atoms with Crippen molar-refractivity contribution in [3.05, 3.63) is 29.0 Å². The maximum Gasteiger partial charge on any atom is 0.315 e. The highest BCUT2D eigenvalue weighted by molar-refractivity contribution is 6.29. The van der Waals surface area contributed by atoms with Crippen LogP contribution in [0.25, 0.3) is 0 Å². The van der Waals surface area contributed by atoms with E-state index in [1.54, 1.807) is 12.3 Å². The van der Waals surface area contributed by atoms with Gasteiger partial charge in [-0.05, 0) is 37.3 Å². The van der Waals surface area contributed by atoms with Crippen LogP contribution in [-0.2, 0) is 6.54 Å². The fourth-order valence-electron chi connectivity index (χ4n) is 1.67. The number of hydrogen-bond acceptors (Lipinski definition) is 2. The van der Waals surface area contributed by atoms with Gasteiger partial charge in [-0.2, -0.15) is 0 Å². The third kappa shape index (κ3) is 3.89. The number of pyridine rings is 1. The molecule has 92 valence electrons. The van der Waals surface area contributed by atoms with Crippen LogP contribution in [0.2, 0.25) is 5.15 Å². The summed E-state index contributed by atoms with van der Waals surface area (Å²) < 4.78 is 0. The first-order chi connectivity index (χ1) is 8.15. The Morgan fingerprint density at radius 2 is 2.35 bits per heavy atom. The Morgan fingerprint density at radius 3 is 2.94 bits per heavy atom. The molecule has 2 N–H and O–H groups in total. The number of amides is 2. The summed E-state index contributed by atoms with van der Waals surface area (Å²) in [5.41, 5.74) is 0.934. The fourth-order valence-corrected chi connectivity index (χ4v) is 1.78. The third-order valence-electron chi connectivity index (χ3n) is 2.93. The number of carbonyl (C=O) groups is 1. The van der Waals surface area contributed by atoms with Crippen molar-refractivity contribution in [2.24, 2.45) is 5.92 Å². The summed E-state index contributed by atoms with van der Waals surface area (Å²) in [5, 5.41) is 6.18. The van der Waals surface area contributed by atoms with Gasteiger partial charge in [-0.15, -0.1) is 0 Å². The minimum absolute atomic E-state index is 0.126. The Bertz CT molecular complexity index is 389. The number of hydrogen-bond donors (Lipinski definition) is 2. The minimum atomic E-state index is -0.126. The van der Waals surface area contributed by atoms with E-state index in [0.717, 1.165) is 5.56 Å². The van der Waals surface area contributed by atoms with E-state index in [1.807, 2.05) is 13.0 Å². The molecule has 1 aliphatic rings. The normalized spacial score (nSPS) is 16.4. The van der Waals surface area contributed by atoms with E-state index >= 15 is 0 Å². The Balaban J connectivity index is 1.73. The first-order valence-corrected chi connectivity index (χ1v) is 6.18. The second kappa shape index (κ2) is 5.36. The average molecular weight is 254 g/mol. The summed E-state index contributed by atoms with van der Waals surface area (Å²) in [6.45, 7) is 2.51. The fraction of sp³-hybridized carbons (Fsp3) is 0.500. The number of nitrogens with one attached hydrogen (secondary N) is 2. The van der Waals surface area contributed by atoms with Gasteiger partial charge in [0.15, 0.2) is 0 Å². The molecule has 0 unspecified atom stereocenters. The molecule has 1 fully saturated rings. The topological polar surface area (TPSA) is 54.0 Å². The van der Waals surface area contributed by atoms with Crippen molar-refractivity contribution in [3.8, 4) is 0 Å². The van der Waals surface area contributed by atoms with Gasteiger partial charge in [0.2, 0.25) is 0 Å². The van der Waals surface area contributed by atoms with Crippen LogP contribution in [0.3, 0.4) is 0 Å². The molecule has 1 aromatic heterocycles. The van der Waals surface area contributed by atoms with Gasteiger partial charge in [0, 0.05) is 18.8 Å². The van der Waals surface area contributed by atoms with Gasteiger partial charge in [0.1, 0.15) is 5.15 Å². The van der Waals surface area contributed by atoms with Gasteiger partial charge in [-0.3, -0.25) is 0 Å². The third-order valence-corrected chi connectivity index (χ3v) is 3.15. The van der Waals surface area contributed by atoms with Crippen LogP contribution >= 0.6 is 11.6 Å². The number of halogens is 1. The molecule has 0 bridgehead atoms. The number of nitrogens with zero attached hydrogens (tertiary/aromatic N) is 1. The largest absolute Gasteiger partial charge is 0.335 e.